The molecule has 0 aliphatic carbocycles. The van der Waals surface area contributed by atoms with Crippen LogP contribution in [0.4, 0.5) is 17.1 Å². The van der Waals surface area contributed by atoms with E-state index in [9.17, 15) is 0 Å². The minimum Gasteiger partial charge on any atom is -0.456 e. The first kappa shape index (κ1) is 33.3. The highest BCUT2D eigenvalue weighted by Gasteiger charge is 2.25. The Balaban J connectivity index is 1.13. The van der Waals surface area contributed by atoms with Crippen LogP contribution in [0, 0.1) is 0 Å². The molecule has 59 heavy (non-hydrogen) atoms. The minimum atomic E-state index is 0.859. The maximum Gasteiger partial charge on any atom is 0.136 e. The van der Waals surface area contributed by atoms with Crippen molar-refractivity contribution in [3.05, 3.63) is 212 Å². The number of rotatable bonds is 6. The first-order chi connectivity index (χ1) is 29.3. The van der Waals surface area contributed by atoms with Gasteiger partial charge >= 0.3 is 0 Å². The van der Waals surface area contributed by atoms with Crippen molar-refractivity contribution in [2.75, 3.05) is 4.90 Å². The number of furan rings is 2. The van der Waals surface area contributed by atoms with E-state index in [1.807, 2.05) is 18.2 Å². The minimum absolute atomic E-state index is 0.859. The van der Waals surface area contributed by atoms with Crippen LogP contribution in [0.1, 0.15) is 0 Å². The Hall–Kier alpha value is -7.88. The molecule has 0 saturated heterocycles. The van der Waals surface area contributed by atoms with E-state index >= 15 is 0 Å². The molecule has 0 amide bonds. The van der Waals surface area contributed by atoms with E-state index < -0.39 is 0 Å². The summed E-state index contributed by atoms with van der Waals surface area (Å²) in [6.07, 6.45) is 0. The van der Waals surface area contributed by atoms with Crippen LogP contribution in [-0.4, -0.2) is 0 Å². The number of benzene rings is 10. The summed E-state index contributed by atoms with van der Waals surface area (Å²) in [5, 5.41) is 9.29. The first-order valence-corrected chi connectivity index (χ1v) is 20.1. The summed E-state index contributed by atoms with van der Waals surface area (Å²) < 4.78 is 12.9. The maximum absolute atomic E-state index is 6.62. The fraction of sp³-hybridized carbons (Fsp3) is 0. The number of anilines is 3. The molecule has 0 radical (unpaired) electrons. The Morgan fingerprint density at radius 2 is 0.831 bits per heavy atom. The summed E-state index contributed by atoms with van der Waals surface area (Å²) in [5.74, 6) is 0. The van der Waals surface area contributed by atoms with Gasteiger partial charge in [0.1, 0.15) is 22.3 Å². The Morgan fingerprint density at radius 1 is 0.305 bits per heavy atom. The quantitative estimate of drug-likeness (QED) is 0.158. The van der Waals surface area contributed by atoms with E-state index in [0.29, 0.717) is 0 Å². The molecule has 0 N–H and O–H groups in total. The van der Waals surface area contributed by atoms with Gasteiger partial charge in [-0.3, -0.25) is 0 Å². The lowest BCUT2D eigenvalue weighted by Crippen LogP contribution is -2.11. The topological polar surface area (TPSA) is 29.5 Å². The van der Waals surface area contributed by atoms with Crippen LogP contribution in [0.2, 0.25) is 0 Å². The summed E-state index contributed by atoms with van der Waals surface area (Å²) >= 11 is 0. The SMILES string of the molecule is c1ccc(-c2ccc(N(c3ccc(-c4cccc5oc6ccccc6c45)cc3)c3ccc4oc5ccccc5c4c3-c3cc4ccccc4c4ccccc34)cc2)cc1. The molecule has 12 rings (SSSR count). The third kappa shape index (κ3) is 5.36. The summed E-state index contributed by atoms with van der Waals surface area (Å²) in [6.45, 7) is 0. The predicted octanol–water partition coefficient (Wildman–Crippen LogP) is 16.3. The predicted molar refractivity (Wildman–Crippen MR) is 247 cm³/mol. The fourth-order valence-corrected chi connectivity index (χ4v) is 9.19. The van der Waals surface area contributed by atoms with Gasteiger partial charge in [-0.05, 0) is 110 Å². The van der Waals surface area contributed by atoms with Crippen molar-refractivity contribution in [2.45, 2.75) is 0 Å². The average Bonchev–Trinajstić information content (AvgIpc) is 3.88. The molecular weight excluding hydrogens is 719 g/mol. The van der Waals surface area contributed by atoms with E-state index in [1.165, 1.54) is 32.7 Å². The van der Waals surface area contributed by atoms with Crippen LogP contribution in [0.15, 0.2) is 221 Å². The van der Waals surface area contributed by atoms with Gasteiger partial charge in [-0.15, -0.1) is 0 Å². The summed E-state index contributed by atoms with van der Waals surface area (Å²) in [7, 11) is 0. The van der Waals surface area contributed by atoms with Crippen molar-refractivity contribution in [3.8, 4) is 33.4 Å². The van der Waals surface area contributed by atoms with Gasteiger partial charge in [0.05, 0.1) is 5.69 Å². The van der Waals surface area contributed by atoms with E-state index in [1.54, 1.807) is 0 Å². The molecule has 0 atom stereocenters. The molecule has 3 heteroatoms. The van der Waals surface area contributed by atoms with Gasteiger partial charge in [0, 0.05) is 38.5 Å². The Labute approximate surface area is 340 Å². The molecular formula is C56H35NO2. The lowest BCUT2D eigenvalue weighted by Gasteiger charge is -2.29. The smallest absolute Gasteiger partial charge is 0.136 e. The fourth-order valence-electron chi connectivity index (χ4n) is 9.19. The van der Waals surface area contributed by atoms with Crippen molar-refractivity contribution < 1.29 is 8.83 Å². The lowest BCUT2D eigenvalue weighted by molar-refractivity contribution is 0.668. The van der Waals surface area contributed by atoms with Crippen LogP contribution >= 0.6 is 0 Å². The van der Waals surface area contributed by atoms with E-state index in [-0.39, 0.29) is 0 Å². The zero-order valence-electron chi connectivity index (χ0n) is 32.0. The third-order valence-corrected chi connectivity index (χ3v) is 11.9. The van der Waals surface area contributed by atoms with Crippen LogP contribution < -0.4 is 4.90 Å². The number of fused-ring (bicyclic) bond motifs is 9. The van der Waals surface area contributed by atoms with E-state index in [2.05, 4.69) is 199 Å². The van der Waals surface area contributed by atoms with Gasteiger partial charge in [-0.1, -0.05) is 152 Å². The van der Waals surface area contributed by atoms with Crippen molar-refractivity contribution in [1.82, 2.24) is 0 Å². The Bertz CT molecular complexity index is 3540. The third-order valence-electron chi connectivity index (χ3n) is 11.9. The maximum atomic E-state index is 6.62. The van der Waals surface area contributed by atoms with Crippen LogP contribution in [0.3, 0.4) is 0 Å². The van der Waals surface area contributed by atoms with E-state index in [0.717, 1.165) is 83.2 Å². The molecule has 12 aromatic rings. The second-order valence-electron chi connectivity index (χ2n) is 15.2. The highest BCUT2D eigenvalue weighted by molar-refractivity contribution is 6.23. The van der Waals surface area contributed by atoms with Crippen molar-refractivity contribution in [2.24, 2.45) is 0 Å². The van der Waals surface area contributed by atoms with Gasteiger partial charge in [-0.25, -0.2) is 0 Å². The molecule has 0 bridgehead atoms. The zero-order valence-corrected chi connectivity index (χ0v) is 32.0. The van der Waals surface area contributed by atoms with Crippen LogP contribution in [0.25, 0.3) is 98.8 Å². The molecule has 2 heterocycles. The molecule has 3 nitrogen and oxygen atoms in total. The standard InChI is InChI=1S/C56H35NO2/c1-2-13-36(14-3-1)37-25-29-40(30-26-37)57(41-31-27-38(28-32-41)43-21-12-24-52-54(43)46-19-8-10-22-50(46)58-52)49-33-34-53-56(47-20-9-11-23-51(47)59-53)55(49)48-35-39-15-4-5-16-42(39)44-17-6-7-18-45(44)48/h1-35H. The number of nitrogens with zero attached hydrogens (tertiary/aromatic N) is 1. The van der Waals surface area contributed by atoms with Crippen LogP contribution in [-0.2, 0) is 0 Å². The normalized spacial score (nSPS) is 11.7. The van der Waals surface area contributed by atoms with Crippen molar-refractivity contribution in [1.29, 1.82) is 0 Å². The van der Waals surface area contributed by atoms with Crippen molar-refractivity contribution in [3.63, 3.8) is 0 Å². The summed E-state index contributed by atoms with van der Waals surface area (Å²) in [6, 6.07) is 75.8. The molecule has 0 unspecified atom stereocenters. The first-order valence-electron chi connectivity index (χ1n) is 20.1. The van der Waals surface area contributed by atoms with Crippen LogP contribution in [0.5, 0.6) is 0 Å². The average molecular weight is 754 g/mol. The molecule has 0 fully saturated rings. The summed E-state index contributed by atoms with van der Waals surface area (Å²) in [5.41, 5.74) is 13.6. The molecule has 276 valence electrons. The van der Waals surface area contributed by atoms with E-state index in [4.69, 9.17) is 8.83 Å². The molecule has 0 aliphatic heterocycles. The highest BCUT2D eigenvalue weighted by Crippen LogP contribution is 2.50. The number of hydrogen-bond acceptors (Lipinski definition) is 3. The second kappa shape index (κ2) is 13.4. The lowest BCUT2D eigenvalue weighted by atomic mass is 9.89. The zero-order chi connectivity index (χ0) is 38.9. The van der Waals surface area contributed by atoms with Gasteiger partial charge in [0.15, 0.2) is 0 Å². The van der Waals surface area contributed by atoms with Gasteiger partial charge in [-0.2, -0.15) is 0 Å². The van der Waals surface area contributed by atoms with Gasteiger partial charge in [0.25, 0.3) is 0 Å². The molecule has 0 aliphatic rings. The van der Waals surface area contributed by atoms with Crippen molar-refractivity contribution >= 4 is 82.5 Å². The Kier molecular flexibility index (Phi) is 7.54. The Morgan fingerprint density at radius 3 is 1.54 bits per heavy atom. The largest absolute Gasteiger partial charge is 0.456 e. The highest BCUT2D eigenvalue weighted by atomic mass is 16.3. The second-order valence-corrected chi connectivity index (χ2v) is 15.2. The molecule has 10 aromatic carbocycles. The molecule has 0 saturated carbocycles. The van der Waals surface area contributed by atoms with Gasteiger partial charge < -0.3 is 13.7 Å². The number of hydrogen-bond donors (Lipinski definition) is 0. The number of para-hydroxylation sites is 2. The molecule has 0 spiro atoms. The van der Waals surface area contributed by atoms with Gasteiger partial charge in [0.2, 0.25) is 0 Å². The molecule has 2 aromatic heterocycles. The monoisotopic (exact) mass is 753 g/mol. The summed E-state index contributed by atoms with van der Waals surface area (Å²) in [4.78, 5) is 2.41.